The number of ether oxygens (including phenoxy) is 1. The van der Waals surface area contributed by atoms with Gasteiger partial charge in [0, 0.05) is 38.9 Å². The molecule has 1 fully saturated rings. The van der Waals surface area contributed by atoms with E-state index in [1.807, 2.05) is 42.5 Å². The van der Waals surface area contributed by atoms with Crippen molar-refractivity contribution in [3.8, 4) is 5.75 Å². The molecule has 2 heterocycles. The van der Waals surface area contributed by atoms with E-state index in [-0.39, 0.29) is 0 Å². The summed E-state index contributed by atoms with van der Waals surface area (Å²) < 4.78 is 5.63. The molecule has 1 aliphatic heterocycles. The van der Waals surface area contributed by atoms with E-state index in [0.717, 1.165) is 37.5 Å². The first-order valence-corrected chi connectivity index (χ1v) is 8.81. The lowest BCUT2D eigenvalue weighted by molar-refractivity contribution is 0.0595. The fourth-order valence-corrected chi connectivity index (χ4v) is 3.22. The summed E-state index contributed by atoms with van der Waals surface area (Å²) in [4.78, 5) is 4.51. The molecule has 2 aromatic rings. The summed E-state index contributed by atoms with van der Waals surface area (Å²) in [5.74, 6) is 1.71. The average Bonchev–Trinajstić information content (AvgIpc) is 2.68. The van der Waals surface area contributed by atoms with Gasteiger partial charge >= 0.3 is 0 Å². The molecule has 0 spiro atoms. The molecule has 0 bridgehead atoms. The van der Waals surface area contributed by atoms with E-state index in [1.165, 1.54) is 0 Å². The summed E-state index contributed by atoms with van der Waals surface area (Å²) in [6, 6.07) is 14.0. The number of likely N-dealkylation sites (tertiary alicyclic amines) is 1. The van der Waals surface area contributed by atoms with E-state index in [1.54, 1.807) is 6.20 Å². The molecule has 1 unspecified atom stereocenters. The van der Waals surface area contributed by atoms with Crippen molar-refractivity contribution in [1.29, 1.82) is 0 Å². The van der Waals surface area contributed by atoms with Crippen molar-refractivity contribution < 1.29 is 9.84 Å². The van der Waals surface area contributed by atoms with Crippen molar-refractivity contribution in [2.75, 3.05) is 38.2 Å². The van der Waals surface area contributed by atoms with E-state index < -0.39 is 6.10 Å². The standard InChI is InChI=1S/C19H26N4O2/c1-22(19-8-5-11-20-21-19)16-9-12-23(13-10-16)14-17(24)15-25-18-6-3-2-4-7-18/h2-8,11,16-17,24H,9-10,12-15H2,1H3. The Bertz CT molecular complexity index is 618. The third-order valence-corrected chi connectivity index (χ3v) is 4.68. The number of hydrogen-bond acceptors (Lipinski definition) is 6. The van der Waals surface area contributed by atoms with Crippen LogP contribution in [0, 0.1) is 0 Å². The Kier molecular flexibility index (Phi) is 6.19. The van der Waals surface area contributed by atoms with Gasteiger partial charge in [0.15, 0.2) is 5.82 Å². The highest BCUT2D eigenvalue weighted by Gasteiger charge is 2.24. The van der Waals surface area contributed by atoms with Gasteiger partial charge < -0.3 is 19.6 Å². The van der Waals surface area contributed by atoms with Crippen LogP contribution >= 0.6 is 0 Å². The fourth-order valence-electron chi connectivity index (χ4n) is 3.22. The van der Waals surface area contributed by atoms with Crippen molar-refractivity contribution >= 4 is 5.82 Å². The number of aliphatic hydroxyl groups is 1. The van der Waals surface area contributed by atoms with Crippen LogP contribution in [0.1, 0.15) is 12.8 Å². The van der Waals surface area contributed by atoms with Gasteiger partial charge in [0.2, 0.25) is 0 Å². The number of aliphatic hydroxyl groups excluding tert-OH is 1. The predicted octanol–water partition coefficient (Wildman–Crippen LogP) is 1.82. The predicted molar refractivity (Wildman–Crippen MR) is 97.8 cm³/mol. The monoisotopic (exact) mass is 342 g/mol. The molecule has 1 aromatic carbocycles. The smallest absolute Gasteiger partial charge is 0.151 e. The number of nitrogens with zero attached hydrogens (tertiary/aromatic N) is 4. The average molecular weight is 342 g/mol. The van der Waals surface area contributed by atoms with Gasteiger partial charge in [0.1, 0.15) is 18.5 Å². The lowest BCUT2D eigenvalue weighted by atomic mass is 10.0. The summed E-state index contributed by atoms with van der Waals surface area (Å²) in [6.45, 7) is 2.91. The van der Waals surface area contributed by atoms with Gasteiger partial charge in [-0.1, -0.05) is 18.2 Å². The maximum absolute atomic E-state index is 10.2. The minimum absolute atomic E-state index is 0.323. The third-order valence-electron chi connectivity index (χ3n) is 4.68. The number of hydrogen-bond donors (Lipinski definition) is 1. The SMILES string of the molecule is CN(c1cccnn1)C1CCN(CC(O)COc2ccccc2)CC1. The first-order valence-electron chi connectivity index (χ1n) is 8.81. The van der Waals surface area contributed by atoms with Crippen molar-refractivity contribution in [3.63, 3.8) is 0 Å². The minimum Gasteiger partial charge on any atom is -0.491 e. The molecule has 1 aromatic heterocycles. The number of anilines is 1. The summed E-state index contributed by atoms with van der Waals surface area (Å²) >= 11 is 0. The maximum Gasteiger partial charge on any atom is 0.151 e. The van der Waals surface area contributed by atoms with E-state index in [4.69, 9.17) is 4.74 Å². The van der Waals surface area contributed by atoms with Gasteiger partial charge in [-0.25, -0.2) is 0 Å². The fraction of sp³-hybridized carbons (Fsp3) is 0.474. The molecule has 1 aliphatic rings. The van der Waals surface area contributed by atoms with Gasteiger partial charge in [-0.15, -0.1) is 5.10 Å². The van der Waals surface area contributed by atoms with Crippen LogP contribution in [-0.2, 0) is 0 Å². The molecule has 3 rings (SSSR count). The second kappa shape index (κ2) is 8.78. The van der Waals surface area contributed by atoms with Crippen LogP contribution in [0.15, 0.2) is 48.7 Å². The van der Waals surface area contributed by atoms with Crippen LogP contribution in [0.4, 0.5) is 5.82 Å². The Balaban J connectivity index is 1.40. The lowest BCUT2D eigenvalue weighted by Crippen LogP contribution is -2.46. The molecule has 0 amide bonds. The molecule has 25 heavy (non-hydrogen) atoms. The Morgan fingerprint density at radius 3 is 2.64 bits per heavy atom. The number of rotatable bonds is 7. The summed E-state index contributed by atoms with van der Waals surface area (Å²) in [5.41, 5.74) is 0. The molecular weight excluding hydrogens is 316 g/mol. The number of benzene rings is 1. The summed E-state index contributed by atoms with van der Waals surface area (Å²) in [6.07, 6.45) is 3.33. The zero-order chi connectivity index (χ0) is 17.5. The number of para-hydroxylation sites is 1. The Morgan fingerprint density at radius 1 is 1.20 bits per heavy atom. The zero-order valence-electron chi connectivity index (χ0n) is 14.7. The highest BCUT2D eigenvalue weighted by Crippen LogP contribution is 2.20. The third kappa shape index (κ3) is 5.14. The van der Waals surface area contributed by atoms with E-state index in [0.29, 0.717) is 19.2 Å². The van der Waals surface area contributed by atoms with E-state index >= 15 is 0 Å². The number of β-amino-alcohol motifs (C(OH)–C–C–N with tert-alkyl or cyclic N) is 1. The van der Waals surface area contributed by atoms with Crippen molar-refractivity contribution in [1.82, 2.24) is 15.1 Å². The van der Waals surface area contributed by atoms with Gasteiger partial charge in [0.05, 0.1) is 0 Å². The highest BCUT2D eigenvalue weighted by molar-refractivity contribution is 5.36. The second-order valence-electron chi connectivity index (χ2n) is 6.50. The van der Waals surface area contributed by atoms with Crippen LogP contribution in [-0.4, -0.2) is 65.6 Å². The van der Waals surface area contributed by atoms with Crippen LogP contribution < -0.4 is 9.64 Å². The highest BCUT2D eigenvalue weighted by atomic mass is 16.5. The Labute approximate surface area is 149 Å². The van der Waals surface area contributed by atoms with Crippen LogP contribution in [0.5, 0.6) is 5.75 Å². The summed E-state index contributed by atoms with van der Waals surface area (Å²) in [7, 11) is 2.08. The molecule has 6 heteroatoms. The Hall–Kier alpha value is -2.18. The van der Waals surface area contributed by atoms with Crippen LogP contribution in [0.2, 0.25) is 0 Å². The molecular formula is C19H26N4O2. The molecule has 6 nitrogen and oxygen atoms in total. The molecule has 0 radical (unpaired) electrons. The molecule has 1 saturated heterocycles. The van der Waals surface area contributed by atoms with E-state index in [2.05, 4.69) is 27.0 Å². The molecule has 1 N–H and O–H groups in total. The largest absolute Gasteiger partial charge is 0.491 e. The molecule has 0 saturated carbocycles. The topological polar surface area (TPSA) is 61.7 Å². The van der Waals surface area contributed by atoms with Crippen LogP contribution in [0.25, 0.3) is 0 Å². The normalized spacial score (nSPS) is 17.2. The molecule has 1 atom stereocenters. The quantitative estimate of drug-likeness (QED) is 0.828. The van der Waals surface area contributed by atoms with E-state index in [9.17, 15) is 5.11 Å². The second-order valence-corrected chi connectivity index (χ2v) is 6.50. The summed E-state index contributed by atoms with van der Waals surface area (Å²) in [5, 5.41) is 18.4. The van der Waals surface area contributed by atoms with Crippen LogP contribution in [0.3, 0.4) is 0 Å². The van der Waals surface area contributed by atoms with Crippen molar-refractivity contribution in [2.24, 2.45) is 0 Å². The zero-order valence-corrected chi connectivity index (χ0v) is 14.7. The van der Waals surface area contributed by atoms with Gasteiger partial charge in [-0.05, 0) is 37.1 Å². The molecule has 134 valence electrons. The Morgan fingerprint density at radius 2 is 1.96 bits per heavy atom. The van der Waals surface area contributed by atoms with Crippen molar-refractivity contribution in [2.45, 2.75) is 25.0 Å². The number of piperidine rings is 1. The number of aromatic nitrogens is 2. The van der Waals surface area contributed by atoms with Gasteiger partial charge in [-0.2, -0.15) is 5.10 Å². The minimum atomic E-state index is -0.477. The molecule has 0 aliphatic carbocycles. The van der Waals surface area contributed by atoms with Gasteiger partial charge in [0.25, 0.3) is 0 Å². The maximum atomic E-state index is 10.2. The first-order chi connectivity index (χ1) is 12.2. The first kappa shape index (κ1) is 17.6. The van der Waals surface area contributed by atoms with Crippen molar-refractivity contribution in [3.05, 3.63) is 48.7 Å². The van der Waals surface area contributed by atoms with Gasteiger partial charge in [-0.3, -0.25) is 0 Å². The lowest BCUT2D eigenvalue weighted by Gasteiger charge is -2.37.